The van der Waals surface area contributed by atoms with Crippen molar-refractivity contribution in [2.75, 3.05) is 7.11 Å². The highest BCUT2D eigenvalue weighted by Crippen LogP contribution is 2.49. The van der Waals surface area contributed by atoms with E-state index in [1.165, 1.54) is 0 Å². The number of methoxy groups -OCH3 is 1. The minimum Gasteiger partial charge on any atom is -0.481 e. The van der Waals surface area contributed by atoms with Gasteiger partial charge in [-0.2, -0.15) is 4.99 Å². The Balaban J connectivity index is 2.38. The first-order valence-corrected chi connectivity index (χ1v) is 4.82. The van der Waals surface area contributed by atoms with Crippen LogP contribution in [0.3, 0.4) is 0 Å². The number of rotatable bonds is 3. The van der Waals surface area contributed by atoms with Gasteiger partial charge in [0.2, 0.25) is 12.0 Å². The lowest BCUT2D eigenvalue weighted by atomic mass is 10.1. The number of isocyanates is 1. The number of carbonyl (C=O) groups excluding carboxylic acids is 1. The minimum absolute atomic E-state index is 0.341. The quantitative estimate of drug-likeness (QED) is 0.556. The minimum atomic E-state index is -0.341. The summed E-state index contributed by atoms with van der Waals surface area (Å²) in [5, 5.41) is 0. The molecule has 0 unspecified atom stereocenters. The fourth-order valence-electron chi connectivity index (χ4n) is 1.70. The monoisotopic (exact) mass is 204 g/mol. The van der Waals surface area contributed by atoms with E-state index in [0.717, 1.165) is 24.0 Å². The number of aliphatic imine (C=N–C) groups is 1. The number of nitrogens with zero attached hydrogens (tertiary/aromatic N) is 2. The summed E-state index contributed by atoms with van der Waals surface area (Å²) >= 11 is 0. The van der Waals surface area contributed by atoms with E-state index in [2.05, 4.69) is 9.98 Å². The molecule has 1 fully saturated rings. The Morgan fingerprint density at radius 1 is 1.60 bits per heavy atom. The van der Waals surface area contributed by atoms with Crippen LogP contribution in [-0.2, 0) is 10.3 Å². The van der Waals surface area contributed by atoms with Gasteiger partial charge in [-0.05, 0) is 31.4 Å². The Morgan fingerprint density at radius 3 is 2.80 bits per heavy atom. The van der Waals surface area contributed by atoms with Crippen molar-refractivity contribution in [3.05, 3.63) is 23.4 Å². The van der Waals surface area contributed by atoms with Gasteiger partial charge in [-0.3, -0.25) is 0 Å². The lowest BCUT2D eigenvalue weighted by Crippen LogP contribution is -2.04. The summed E-state index contributed by atoms with van der Waals surface area (Å²) in [5.74, 6) is 0.615. The van der Waals surface area contributed by atoms with Gasteiger partial charge in [0.25, 0.3) is 0 Å². The second-order valence-corrected chi connectivity index (χ2v) is 3.78. The number of aryl methyl sites for hydroxylation is 1. The Morgan fingerprint density at radius 2 is 2.33 bits per heavy atom. The summed E-state index contributed by atoms with van der Waals surface area (Å²) in [7, 11) is 1.59. The Labute approximate surface area is 88.0 Å². The van der Waals surface area contributed by atoms with Crippen LogP contribution in [0.15, 0.2) is 17.3 Å². The van der Waals surface area contributed by atoms with E-state index in [-0.39, 0.29) is 5.54 Å². The molecule has 1 aliphatic carbocycles. The molecule has 0 aromatic carbocycles. The SMILES string of the molecule is COc1ncc(C2(N=C=O)CC2)cc1C. The van der Waals surface area contributed by atoms with Gasteiger partial charge in [0, 0.05) is 11.8 Å². The summed E-state index contributed by atoms with van der Waals surface area (Å²) in [6, 6.07) is 1.97. The zero-order valence-electron chi connectivity index (χ0n) is 8.78. The second kappa shape index (κ2) is 3.48. The van der Waals surface area contributed by atoms with Crippen LogP contribution in [0.25, 0.3) is 0 Å². The van der Waals surface area contributed by atoms with E-state index in [1.54, 1.807) is 19.4 Å². The Hall–Kier alpha value is -1.67. The first kappa shape index (κ1) is 9.87. The van der Waals surface area contributed by atoms with Crippen molar-refractivity contribution in [1.82, 2.24) is 4.98 Å². The van der Waals surface area contributed by atoms with Gasteiger partial charge < -0.3 is 4.74 Å². The fourth-order valence-corrected chi connectivity index (χ4v) is 1.70. The third kappa shape index (κ3) is 1.64. The molecular formula is C11H12N2O2. The zero-order valence-corrected chi connectivity index (χ0v) is 8.78. The molecular weight excluding hydrogens is 192 g/mol. The summed E-state index contributed by atoms with van der Waals surface area (Å²) in [4.78, 5) is 18.3. The maximum absolute atomic E-state index is 10.3. The van der Waals surface area contributed by atoms with E-state index in [4.69, 9.17) is 4.74 Å². The van der Waals surface area contributed by atoms with Crippen LogP contribution in [0.5, 0.6) is 5.88 Å². The molecule has 4 nitrogen and oxygen atoms in total. The molecule has 1 aromatic rings. The van der Waals surface area contributed by atoms with Crippen molar-refractivity contribution in [2.24, 2.45) is 4.99 Å². The lowest BCUT2D eigenvalue weighted by molar-refractivity contribution is 0.394. The van der Waals surface area contributed by atoms with Crippen LogP contribution in [0.2, 0.25) is 0 Å². The molecule has 1 aromatic heterocycles. The van der Waals surface area contributed by atoms with Gasteiger partial charge in [-0.15, -0.1) is 0 Å². The van der Waals surface area contributed by atoms with E-state index in [0.29, 0.717) is 5.88 Å². The average molecular weight is 204 g/mol. The second-order valence-electron chi connectivity index (χ2n) is 3.78. The number of hydrogen-bond acceptors (Lipinski definition) is 4. The van der Waals surface area contributed by atoms with Crippen molar-refractivity contribution in [2.45, 2.75) is 25.3 Å². The maximum Gasteiger partial charge on any atom is 0.235 e. The third-order valence-corrected chi connectivity index (χ3v) is 2.74. The molecule has 0 atom stereocenters. The molecule has 4 heteroatoms. The van der Waals surface area contributed by atoms with Gasteiger partial charge in [0.1, 0.15) is 0 Å². The summed E-state index contributed by atoms with van der Waals surface area (Å²) in [6.07, 6.45) is 5.15. The topological polar surface area (TPSA) is 51.6 Å². The Kier molecular flexibility index (Phi) is 2.29. The molecule has 0 N–H and O–H groups in total. The molecule has 2 rings (SSSR count). The van der Waals surface area contributed by atoms with Crippen molar-refractivity contribution < 1.29 is 9.53 Å². The van der Waals surface area contributed by atoms with Gasteiger partial charge >= 0.3 is 0 Å². The maximum atomic E-state index is 10.3. The number of aromatic nitrogens is 1. The van der Waals surface area contributed by atoms with Crippen LogP contribution >= 0.6 is 0 Å². The lowest BCUT2D eigenvalue weighted by Gasteiger charge is -2.10. The first-order valence-electron chi connectivity index (χ1n) is 4.82. The predicted molar refractivity (Wildman–Crippen MR) is 54.6 cm³/mol. The highest BCUT2D eigenvalue weighted by molar-refractivity contribution is 5.42. The fraction of sp³-hybridized carbons (Fsp3) is 0.455. The molecule has 0 spiro atoms. The van der Waals surface area contributed by atoms with E-state index < -0.39 is 0 Å². The van der Waals surface area contributed by atoms with Crippen molar-refractivity contribution in [3.8, 4) is 5.88 Å². The summed E-state index contributed by atoms with van der Waals surface area (Å²) in [6.45, 7) is 1.93. The van der Waals surface area contributed by atoms with Gasteiger partial charge in [0.05, 0.1) is 12.6 Å². The molecule has 0 aliphatic heterocycles. The molecule has 0 saturated heterocycles. The molecule has 0 bridgehead atoms. The van der Waals surface area contributed by atoms with Crippen LogP contribution in [0, 0.1) is 6.92 Å². The number of pyridine rings is 1. The average Bonchev–Trinajstić information content (AvgIpc) is 2.99. The molecule has 1 saturated carbocycles. The van der Waals surface area contributed by atoms with Crippen LogP contribution in [0.4, 0.5) is 0 Å². The first-order chi connectivity index (χ1) is 7.22. The highest BCUT2D eigenvalue weighted by Gasteiger charge is 2.45. The van der Waals surface area contributed by atoms with Gasteiger partial charge in [0.15, 0.2) is 0 Å². The molecule has 1 heterocycles. The summed E-state index contributed by atoms with van der Waals surface area (Å²) < 4.78 is 5.07. The zero-order chi connectivity index (χ0) is 10.9. The van der Waals surface area contributed by atoms with Crippen LogP contribution in [-0.4, -0.2) is 18.2 Å². The van der Waals surface area contributed by atoms with E-state index in [1.807, 2.05) is 13.0 Å². The van der Waals surface area contributed by atoms with Crippen LogP contribution in [0.1, 0.15) is 24.0 Å². The Bertz CT molecular complexity index is 432. The van der Waals surface area contributed by atoms with Gasteiger partial charge in [-0.1, -0.05) is 0 Å². The molecule has 15 heavy (non-hydrogen) atoms. The largest absolute Gasteiger partial charge is 0.481 e. The van der Waals surface area contributed by atoms with Crippen molar-refractivity contribution in [1.29, 1.82) is 0 Å². The molecule has 0 radical (unpaired) electrons. The number of ether oxygens (including phenoxy) is 1. The predicted octanol–water partition coefficient (Wildman–Crippen LogP) is 1.72. The van der Waals surface area contributed by atoms with Crippen molar-refractivity contribution in [3.63, 3.8) is 0 Å². The van der Waals surface area contributed by atoms with E-state index in [9.17, 15) is 4.79 Å². The normalized spacial score (nSPS) is 16.7. The van der Waals surface area contributed by atoms with Crippen LogP contribution < -0.4 is 4.74 Å². The summed E-state index contributed by atoms with van der Waals surface area (Å²) in [5.41, 5.74) is 1.60. The highest BCUT2D eigenvalue weighted by atomic mass is 16.5. The van der Waals surface area contributed by atoms with E-state index >= 15 is 0 Å². The molecule has 0 amide bonds. The standard InChI is InChI=1S/C11H12N2O2/c1-8-5-9(6-12-10(8)15-2)11(3-4-11)13-7-14/h5-6H,3-4H2,1-2H3. The van der Waals surface area contributed by atoms with Gasteiger partial charge in [-0.25, -0.2) is 9.78 Å². The molecule has 78 valence electrons. The number of hydrogen-bond donors (Lipinski definition) is 0. The molecule has 1 aliphatic rings. The third-order valence-electron chi connectivity index (χ3n) is 2.74. The van der Waals surface area contributed by atoms with Crippen molar-refractivity contribution >= 4 is 6.08 Å². The smallest absolute Gasteiger partial charge is 0.235 e.